The largest absolute Gasteiger partial charge is 0.403 e. The molecule has 0 bridgehead atoms. The van der Waals surface area contributed by atoms with E-state index in [4.69, 9.17) is 11.6 Å². The molecule has 0 aromatic heterocycles. The zero-order valence-corrected chi connectivity index (χ0v) is 17.2. The van der Waals surface area contributed by atoms with Gasteiger partial charge >= 0.3 is 0 Å². The van der Waals surface area contributed by atoms with E-state index in [-0.39, 0.29) is 0 Å². The van der Waals surface area contributed by atoms with Crippen LogP contribution in [-0.2, 0) is 6.42 Å². The van der Waals surface area contributed by atoms with Gasteiger partial charge in [-0.05, 0) is 56.0 Å². The Morgan fingerprint density at radius 2 is 1.68 bits per heavy atom. The van der Waals surface area contributed by atoms with Gasteiger partial charge in [0, 0.05) is 19.4 Å². The van der Waals surface area contributed by atoms with Crippen LogP contribution < -0.4 is 22.0 Å². The van der Waals surface area contributed by atoms with Crippen molar-refractivity contribution in [3.63, 3.8) is 0 Å². The van der Waals surface area contributed by atoms with Gasteiger partial charge in [-0.1, -0.05) is 75.6 Å². The van der Waals surface area contributed by atoms with Crippen LogP contribution in [0.3, 0.4) is 0 Å². The molecule has 3 aromatic carbocycles. The monoisotopic (exact) mass is 373 g/mol. The second-order valence-corrected chi connectivity index (χ2v) is 6.45. The molecule has 0 spiro atoms. The van der Waals surface area contributed by atoms with Crippen LogP contribution in [0.4, 0.5) is 0 Å². The smallest absolute Gasteiger partial charge is 0.0306 e. The van der Waals surface area contributed by atoms with E-state index in [1.165, 1.54) is 54.3 Å². The Balaban J connectivity index is 0.000000304. The van der Waals surface area contributed by atoms with Crippen LogP contribution >= 0.6 is 0 Å². The quantitative estimate of drug-likeness (QED) is 0.405. The van der Waals surface area contributed by atoms with Crippen molar-refractivity contribution in [1.82, 2.24) is 5.01 Å². The van der Waals surface area contributed by atoms with Crippen molar-refractivity contribution in [1.29, 1.82) is 0 Å². The second-order valence-electron chi connectivity index (χ2n) is 6.45. The summed E-state index contributed by atoms with van der Waals surface area (Å²) in [5.41, 5.74) is 7.53. The Hall–Kier alpha value is -3.04. The van der Waals surface area contributed by atoms with Crippen LogP contribution in [0, 0.1) is 0 Å². The number of hydrogen-bond acceptors (Lipinski definition) is 3. The molecule has 0 fully saturated rings. The van der Waals surface area contributed by atoms with Crippen LogP contribution in [0.2, 0.25) is 0 Å². The molecule has 146 valence electrons. The third kappa shape index (κ3) is 4.10. The van der Waals surface area contributed by atoms with Crippen molar-refractivity contribution in [2.75, 3.05) is 7.05 Å². The van der Waals surface area contributed by atoms with Crippen LogP contribution in [0.15, 0.2) is 55.4 Å². The molecule has 0 heterocycles. The topological polar surface area (TPSA) is 55.3 Å². The SMILES string of the molecule is C=Cc1cccc2c1c(=C)c1c3c(cccc32)=CCC1.CC.CN(N)/C=C\N. The molecule has 0 amide bonds. The number of nitrogens with zero attached hydrogens (tertiary/aromatic N) is 1. The summed E-state index contributed by atoms with van der Waals surface area (Å²) in [6, 6.07) is 13.0. The number of hydrogen-bond donors (Lipinski definition) is 2. The highest BCUT2D eigenvalue weighted by molar-refractivity contribution is 6.11. The molecule has 1 aliphatic carbocycles. The standard InChI is InChI=1S/C20H16.C3H9N3.C2H6/c1-3-14-7-4-11-17-18-12-6-9-15-8-5-10-16(20(15)18)13(2)19(14)17;1-6(5)3-2-4;1-2/h3-4,6-9,11-12H,1-2,5,10H2;2-3H,4-5H2,1H3;1-2H3/b;3-2-;. The van der Waals surface area contributed by atoms with Gasteiger partial charge in [-0.2, -0.15) is 0 Å². The lowest BCUT2D eigenvalue weighted by Gasteiger charge is -2.16. The molecule has 0 radical (unpaired) electrons. The van der Waals surface area contributed by atoms with Crippen molar-refractivity contribution in [3.8, 4) is 0 Å². The first kappa shape index (κ1) is 21.3. The predicted molar refractivity (Wildman–Crippen MR) is 126 cm³/mol. The van der Waals surface area contributed by atoms with Crippen molar-refractivity contribution < 1.29 is 0 Å². The maximum atomic E-state index is 5.07. The van der Waals surface area contributed by atoms with Crippen molar-refractivity contribution in [2.24, 2.45) is 11.6 Å². The third-order valence-corrected chi connectivity index (χ3v) is 4.75. The van der Waals surface area contributed by atoms with Gasteiger partial charge in [-0.25, -0.2) is 5.84 Å². The normalized spacial score (nSPS) is 11.9. The maximum absolute atomic E-state index is 5.07. The molecule has 3 aromatic rings. The summed E-state index contributed by atoms with van der Waals surface area (Å²) in [6.45, 7) is 12.3. The lowest BCUT2D eigenvalue weighted by Crippen LogP contribution is -2.19. The molecule has 4 N–H and O–H groups in total. The predicted octanol–water partition coefficient (Wildman–Crippen LogP) is 4.02. The molecule has 1 aliphatic rings. The summed E-state index contributed by atoms with van der Waals surface area (Å²) >= 11 is 0. The van der Waals surface area contributed by atoms with E-state index in [0.29, 0.717) is 0 Å². The van der Waals surface area contributed by atoms with E-state index < -0.39 is 0 Å². The van der Waals surface area contributed by atoms with E-state index in [0.717, 1.165) is 12.8 Å². The van der Waals surface area contributed by atoms with Gasteiger partial charge in [0.05, 0.1) is 0 Å². The van der Waals surface area contributed by atoms with E-state index in [9.17, 15) is 0 Å². The molecular weight excluding hydrogens is 342 g/mol. The summed E-state index contributed by atoms with van der Waals surface area (Å²) in [7, 11) is 1.70. The minimum atomic E-state index is 1.09. The highest BCUT2D eigenvalue weighted by Crippen LogP contribution is 2.27. The van der Waals surface area contributed by atoms with Crippen molar-refractivity contribution >= 4 is 40.3 Å². The molecule has 3 nitrogen and oxygen atoms in total. The second kappa shape index (κ2) is 9.77. The average molecular weight is 374 g/mol. The zero-order chi connectivity index (χ0) is 20.7. The first-order valence-corrected chi connectivity index (χ1v) is 9.72. The van der Waals surface area contributed by atoms with Gasteiger partial charge in [0.2, 0.25) is 0 Å². The molecule has 28 heavy (non-hydrogen) atoms. The van der Waals surface area contributed by atoms with Gasteiger partial charge in [-0.15, -0.1) is 0 Å². The van der Waals surface area contributed by atoms with Crippen LogP contribution in [0.25, 0.3) is 40.3 Å². The van der Waals surface area contributed by atoms with Crippen molar-refractivity contribution in [2.45, 2.75) is 26.7 Å². The first-order chi connectivity index (χ1) is 13.6. The average Bonchev–Trinajstić information content (AvgIpc) is 2.73. The van der Waals surface area contributed by atoms with Crippen molar-refractivity contribution in [3.05, 3.63) is 76.9 Å². The highest BCUT2D eigenvalue weighted by atomic mass is 15.4. The van der Waals surface area contributed by atoms with Crippen LogP contribution in [0.1, 0.15) is 31.4 Å². The lowest BCUT2D eigenvalue weighted by atomic mass is 9.87. The fourth-order valence-electron chi connectivity index (χ4n) is 3.69. The van der Waals surface area contributed by atoms with E-state index in [1.807, 2.05) is 19.9 Å². The van der Waals surface area contributed by atoms with Gasteiger partial charge in [-0.3, -0.25) is 0 Å². The van der Waals surface area contributed by atoms with E-state index in [1.54, 1.807) is 13.2 Å². The molecule has 0 atom stereocenters. The number of aryl methyl sites for hydroxylation is 1. The number of rotatable bonds is 2. The maximum Gasteiger partial charge on any atom is 0.0306 e. The Bertz CT molecular complexity index is 1100. The number of hydrazine groups is 1. The third-order valence-electron chi connectivity index (χ3n) is 4.75. The molecule has 0 aliphatic heterocycles. The highest BCUT2D eigenvalue weighted by Gasteiger charge is 2.13. The van der Waals surface area contributed by atoms with E-state index >= 15 is 0 Å². The molecular formula is C25H31N3. The van der Waals surface area contributed by atoms with Gasteiger partial charge < -0.3 is 10.7 Å². The Kier molecular flexibility index (Phi) is 7.42. The lowest BCUT2D eigenvalue weighted by molar-refractivity contribution is 0.484. The summed E-state index contributed by atoms with van der Waals surface area (Å²) in [4.78, 5) is 0. The fourth-order valence-corrected chi connectivity index (χ4v) is 3.69. The summed E-state index contributed by atoms with van der Waals surface area (Å²) in [5, 5.41) is 9.23. The molecule has 3 heteroatoms. The fraction of sp³-hybridized carbons (Fsp3) is 0.200. The molecule has 0 saturated heterocycles. The van der Waals surface area contributed by atoms with Gasteiger partial charge in [0.25, 0.3) is 0 Å². The number of benzene rings is 3. The number of nitrogens with two attached hydrogens (primary N) is 2. The minimum Gasteiger partial charge on any atom is -0.403 e. The van der Waals surface area contributed by atoms with E-state index in [2.05, 4.69) is 55.6 Å². The molecule has 0 saturated carbocycles. The van der Waals surface area contributed by atoms with Gasteiger partial charge in [0.1, 0.15) is 0 Å². The van der Waals surface area contributed by atoms with Gasteiger partial charge in [0.15, 0.2) is 0 Å². The summed E-state index contributed by atoms with van der Waals surface area (Å²) in [6.07, 6.45) is 9.41. The summed E-state index contributed by atoms with van der Waals surface area (Å²) < 4.78 is 0. The Morgan fingerprint density at radius 1 is 1.04 bits per heavy atom. The molecule has 4 rings (SSSR count). The first-order valence-electron chi connectivity index (χ1n) is 9.72. The Morgan fingerprint density at radius 3 is 2.25 bits per heavy atom. The van der Waals surface area contributed by atoms with Crippen LogP contribution in [-0.4, -0.2) is 12.1 Å². The number of fused-ring (bicyclic) bond motifs is 2. The molecule has 0 unspecified atom stereocenters. The van der Waals surface area contributed by atoms with Crippen LogP contribution in [0.5, 0.6) is 0 Å². The summed E-state index contributed by atoms with van der Waals surface area (Å²) in [5.74, 6) is 5.07. The minimum absolute atomic E-state index is 1.09. The Labute approximate surface area is 167 Å². The zero-order valence-electron chi connectivity index (χ0n) is 17.2.